The lowest BCUT2D eigenvalue weighted by Gasteiger charge is -2.20. The van der Waals surface area contributed by atoms with E-state index >= 15 is 0 Å². The quantitative estimate of drug-likeness (QED) is 0.268. The number of hydrazine groups is 1. The Kier molecular flexibility index (Phi) is 6.84. The average molecular weight is 484 g/mol. The molecule has 1 fully saturated rings. The summed E-state index contributed by atoms with van der Waals surface area (Å²) >= 11 is 0. The minimum atomic E-state index is -0.907. The maximum atomic E-state index is 13.2. The largest absolute Gasteiger partial charge is 0.361 e. The summed E-state index contributed by atoms with van der Waals surface area (Å²) < 4.78 is 0. The maximum absolute atomic E-state index is 13.2. The molecule has 1 saturated carbocycles. The summed E-state index contributed by atoms with van der Waals surface area (Å²) in [6.45, 7) is 0. The van der Waals surface area contributed by atoms with Crippen molar-refractivity contribution in [1.82, 2.24) is 26.5 Å². The highest BCUT2D eigenvalue weighted by Crippen LogP contribution is 2.20. The van der Waals surface area contributed by atoms with Crippen molar-refractivity contribution in [2.45, 2.75) is 44.2 Å². The number of H-pyrrole nitrogens is 1. The van der Waals surface area contributed by atoms with E-state index in [2.05, 4.69) is 26.5 Å². The fraction of sp³-hybridized carbons (Fsp3) is 0.250. The molecule has 1 aliphatic carbocycles. The van der Waals surface area contributed by atoms with Crippen LogP contribution in [0.3, 0.4) is 0 Å². The van der Waals surface area contributed by atoms with Gasteiger partial charge < -0.3 is 15.6 Å². The van der Waals surface area contributed by atoms with Gasteiger partial charge in [0.25, 0.3) is 11.8 Å². The third-order valence-corrected chi connectivity index (χ3v) is 6.72. The van der Waals surface area contributed by atoms with Crippen molar-refractivity contribution in [3.63, 3.8) is 0 Å². The van der Waals surface area contributed by atoms with Gasteiger partial charge in [0.15, 0.2) is 0 Å². The maximum Gasteiger partial charge on any atom is 0.333 e. The van der Waals surface area contributed by atoms with Crippen molar-refractivity contribution in [3.05, 3.63) is 84.1 Å². The summed E-state index contributed by atoms with van der Waals surface area (Å²) in [6, 6.07) is 19.7. The molecule has 36 heavy (non-hydrogen) atoms. The first-order valence-corrected chi connectivity index (χ1v) is 12.3. The highest BCUT2D eigenvalue weighted by molar-refractivity contribution is 6.01. The number of aromatic amines is 1. The molecule has 0 radical (unpaired) electrons. The van der Waals surface area contributed by atoms with E-state index in [1.807, 2.05) is 60.8 Å². The lowest BCUT2D eigenvalue weighted by Crippen LogP contribution is -2.55. The molecule has 5 rings (SSSR count). The van der Waals surface area contributed by atoms with Gasteiger partial charge in [0.2, 0.25) is 0 Å². The fourth-order valence-corrected chi connectivity index (χ4v) is 4.80. The second kappa shape index (κ2) is 10.5. The third-order valence-electron chi connectivity index (χ3n) is 6.72. The van der Waals surface area contributed by atoms with Crippen molar-refractivity contribution >= 4 is 39.5 Å². The molecule has 0 spiro atoms. The Morgan fingerprint density at radius 1 is 0.889 bits per heavy atom. The van der Waals surface area contributed by atoms with Crippen LogP contribution in [-0.4, -0.2) is 34.9 Å². The molecule has 4 aromatic rings. The second-order valence-electron chi connectivity index (χ2n) is 9.22. The smallest absolute Gasteiger partial charge is 0.333 e. The molecule has 5 N–H and O–H groups in total. The van der Waals surface area contributed by atoms with Crippen molar-refractivity contribution in [1.29, 1.82) is 0 Å². The molecular weight excluding hydrogens is 454 g/mol. The van der Waals surface area contributed by atoms with E-state index in [0.29, 0.717) is 5.56 Å². The highest BCUT2D eigenvalue weighted by atomic mass is 16.2. The van der Waals surface area contributed by atoms with Gasteiger partial charge in [0, 0.05) is 35.1 Å². The van der Waals surface area contributed by atoms with E-state index < -0.39 is 18.0 Å². The number of hydrogen-bond donors (Lipinski definition) is 5. The van der Waals surface area contributed by atoms with Gasteiger partial charge in [-0.15, -0.1) is 0 Å². The minimum absolute atomic E-state index is 0.122. The molecule has 1 unspecified atom stereocenters. The summed E-state index contributed by atoms with van der Waals surface area (Å²) in [4.78, 5) is 41.8. The van der Waals surface area contributed by atoms with Crippen LogP contribution >= 0.6 is 0 Å². The van der Waals surface area contributed by atoms with E-state index in [1.54, 1.807) is 12.1 Å². The Morgan fingerprint density at radius 3 is 2.47 bits per heavy atom. The first-order chi connectivity index (χ1) is 17.6. The van der Waals surface area contributed by atoms with Crippen molar-refractivity contribution in [3.8, 4) is 0 Å². The van der Waals surface area contributed by atoms with Gasteiger partial charge in [-0.3, -0.25) is 15.0 Å². The van der Waals surface area contributed by atoms with Crippen LogP contribution in [0.5, 0.6) is 0 Å². The molecule has 1 atom stereocenters. The zero-order chi connectivity index (χ0) is 24.9. The van der Waals surface area contributed by atoms with Crippen molar-refractivity contribution in [2.75, 3.05) is 0 Å². The zero-order valence-corrected chi connectivity index (χ0v) is 19.8. The topological polar surface area (TPSA) is 115 Å². The van der Waals surface area contributed by atoms with Crippen LogP contribution in [0.2, 0.25) is 0 Å². The minimum Gasteiger partial charge on any atom is -0.361 e. The van der Waals surface area contributed by atoms with Crippen LogP contribution in [0.25, 0.3) is 21.7 Å². The molecule has 4 amide bonds. The predicted molar refractivity (Wildman–Crippen MR) is 139 cm³/mol. The normalized spacial score (nSPS) is 14.4. The number of para-hydroxylation sites is 1. The van der Waals surface area contributed by atoms with Crippen LogP contribution < -0.4 is 21.5 Å². The van der Waals surface area contributed by atoms with Gasteiger partial charge in [0.1, 0.15) is 6.04 Å². The Bertz CT molecular complexity index is 1410. The van der Waals surface area contributed by atoms with Gasteiger partial charge >= 0.3 is 6.03 Å². The third kappa shape index (κ3) is 5.33. The van der Waals surface area contributed by atoms with Gasteiger partial charge in [-0.25, -0.2) is 10.2 Å². The average Bonchev–Trinajstić information content (AvgIpc) is 3.56. The Labute approximate surface area is 208 Å². The predicted octanol–water partition coefficient (Wildman–Crippen LogP) is 3.94. The van der Waals surface area contributed by atoms with Crippen LogP contribution in [-0.2, 0) is 11.2 Å². The molecular formula is C28H29N5O3. The SMILES string of the molecule is O=C(NNC(=O)C(Cc1c[nH]c2ccccc12)NC(=O)c1ccc2ccccc2c1)NC1CCCC1. The lowest BCUT2D eigenvalue weighted by molar-refractivity contribution is -0.123. The molecule has 8 nitrogen and oxygen atoms in total. The molecule has 1 heterocycles. The first-order valence-electron chi connectivity index (χ1n) is 12.3. The van der Waals surface area contributed by atoms with E-state index in [1.165, 1.54) is 0 Å². The summed E-state index contributed by atoms with van der Waals surface area (Å²) in [5.41, 5.74) is 7.20. The number of fused-ring (bicyclic) bond motifs is 2. The first kappa shape index (κ1) is 23.4. The Balaban J connectivity index is 1.32. The number of amides is 4. The van der Waals surface area contributed by atoms with Gasteiger partial charge in [-0.1, -0.05) is 61.4 Å². The lowest BCUT2D eigenvalue weighted by atomic mass is 10.0. The molecule has 184 valence electrons. The molecule has 1 aromatic heterocycles. The molecule has 8 heteroatoms. The number of rotatable bonds is 6. The second-order valence-corrected chi connectivity index (χ2v) is 9.22. The van der Waals surface area contributed by atoms with Crippen LogP contribution in [0, 0.1) is 0 Å². The van der Waals surface area contributed by atoms with E-state index in [4.69, 9.17) is 0 Å². The van der Waals surface area contributed by atoms with Crippen LogP contribution in [0.4, 0.5) is 4.79 Å². The molecule has 0 aliphatic heterocycles. The van der Waals surface area contributed by atoms with Gasteiger partial charge in [0.05, 0.1) is 0 Å². The summed E-state index contributed by atoms with van der Waals surface area (Å²) in [6.07, 6.45) is 6.14. The summed E-state index contributed by atoms with van der Waals surface area (Å²) in [7, 11) is 0. The summed E-state index contributed by atoms with van der Waals surface area (Å²) in [5.74, 6) is -0.868. The number of nitrogens with one attached hydrogen (secondary N) is 5. The fourth-order valence-electron chi connectivity index (χ4n) is 4.80. The van der Waals surface area contributed by atoms with E-state index in [0.717, 1.165) is 52.9 Å². The molecule has 0 saturated heterocycles. The summed E-state index contributed by atoms with van der Waals surface area (Å²) in [5, 5.41) is 8.67. The van der Waals surface area contributed by atoms with Gasteiger partial charge in [-0.2, -0.15) is 0 Å². The number of benzene rings is 3. The van der Waals surface area contributed by atoms with E-state index in [9.17, 15) is 14.4 Å². The Hall–Kier alpha value is -4.33. The number of aromatic nitrogens is 1. The van der Waals surface area contributed by atoms with Crippen molar-refractivity contribution < 1.29 is 14.4 Å². The standard InChI is InChI=1S/C28H29N5O3/c34-26(20-14-13-18-7-1-2-8-19(18)15-20)31-25(16-21-17-29-24-12-6-5-11-23(21)24)27(35)32-33-28(36)30-22-9-3-4-10-22/h1-2,5-8,11-15,17,22,25,29H,3-4,9-10,16H2,(H,31,34)(H,32,35)(H2,30,33,36). The molecule has 3 aromatic carbocycles. The monoisotopic (exact) mass is 483 g/mol. The van der Waals surface area contributed by atoms with Gasteiger partial charge in [-0.05, 0) is 47.4 Å². The zero-order valence-electron chi connectivity index (χ0n) is 19.8. The number of carbonyl (C=O) groups excluding carboxylic acids is 3. The van der Waals surface area contributed by atoms with Crippen molar-refractivity contribution in [2.24, 2.45) is 0 Å². The number of hydrogen-bond acceptors (Lipinski definition) is 3. The highest BCUT2D eigenvalue weighted by Gasteiger charge is 2.24. The molecule has 0 bridgehead atoms. The number of carbonyl (C=O) groups is 3. The van der Waals surface area contributed by atoms with E-state index in [-0.39, 0.29) is 18.4 Å². The Morgan fingerprint density at radius 2 is 1.64 bits per heavy atom. The molecule has 1 aliphatic rings. The van der Waals surface area contributed by atoms with Crippen LogP contribution in [0.15, 0.2) is 72.9 Å². The van der Waals surface area contributed by atoms with Crippen LogP contribution in [0.1, 0.15) is 41.6 Å². The number of urea groups is 1.